The van der Waals surface area contributed by atoms with Crippen molar-refractivity contribution in [3.63, 3.8) is 0 Å². The van der Waals surface area contributed by atoms with Crippen LogP contribution in [0.4, 0.5) is 0 Å². The van der Waals surface area contributed by atoms with Gasteiger partial charge in [0.05, 0.1) is 5.54 Å². The van der Waals surface area contributed by atoms with E-state index in [-0.39, 0.29) is 5.91 Å². The minimum absolute atomic E-state index is 0.195. The van der Waals surface area contributed by atoms with E-state index in [4.69, 9.17) is 0 Å². The average Bonchev–Trinajstić information content (AvgIpc) is 2.27. The molecule has 4 nitrogen and oxygen atoms in total. The minimum Gasteiger partial charge on any atom is -0.344 e. The molecule has 0 radical (unpaired) electrons. The molecular formula is C13H29N3O. The van der Waals surface area contributed by atoms with Crippen LogP contribution >= 0.6 is 0 Å². The van der Waals surface area contributed by atoms with Crippen molar-refractivity contribution in [2.45, 2.75) is 38.6 Å². The summed E-state index contributed by atoms with van der Waals surface area (Å²) in [5, 5.41) is 3.16. The summed E-state index contributed by atoms with van der Waals surface area (Å²) in [6.07, 6.45) is 2.90. The number of hydrogen-bond acceptors (Lipinski definition) is 3. The Balaban J connectivity index is 4.26. The van der Waals surface area contributed by atoms with Crippen LogP contribution in [0.2, 0.25) is 0 Å². The smallest absolute Gasteiger partial charge is 0.242 e. The SMILES string of the molecule is CCCC(C)(NC)C(=O)N(C)CCCN(C)C. The summed E-state index contributed by atoms with van der Waals surface area (Å²) in [6, 6.07) is 0. The van der Waals surface area contributed by atoms with Crippen LogP contribution in [-0.2, 0) is 4.79 Å². The third kappa shape index (κ3) is 5.50. The van der Waals surface area contributed by atoms with Gasteiger partial charge in [-0.25, -0.2) is 0 Å². The summed E-state index contributed by atoms with van der Waals surface area (Å²) in [7, 11) is 7.86. The molecule has 0 heterocycles. The second kappa shape index (κ2) is 7.67. The van der Waals surface area contributed by atoms with Crippen molar-refractivity contribution in [1.29, 1.82) is 0 Å². The van der Waals surface area contributed by atoms with E-state index in [1.807, 2.05) is 25.9 Å². The first-order valence-electron chi connectivity index (χ1n) is 6.46. The highest BCUT2D eigenvalue weighted by molar-refractivity contribution is 5.85. The summed E-state index contributed by atoms with van der Waals surface area (Å²) < 4.78 is 0. The van der Waals surface area contributed by atoms with Gasteiger partial charge in [-0.3, -0.25) is 4.79 Å². The highest BCUT2D eigenvalue weighted by atomic mass is 16.2. The molecule has 0 aromatic carbocycles. The molecule has 0 aliphatic heterocycles. The van der Waals surface area contributed by atoms with Gasteiger partial charge in [-0.1, -0.05) is 13.3 Å². The average molecular weight is 243 g/mol. The Morgan fingerprint density at radius 2 is 1.82 bits per heavy atom. The molecule has 0 aliphatic carbocycles. The fraction of sp³-hybridized carbons (Fsp3) is 0.923. The molecule has 0 saturated heterocycles. The van der Waals surface area contributed by atoms with E-state index in [0.717, 1.165) is 32.4 Å². The fourth-order valence-electron chi connectivity index (χ4n) is 1.99. The van der Waals surface area contributed by atoms with Gasteiger partial charge in [0, 0.05) is 13.6 Å². The maximum atomic E-state index is 12.3. The van der Waals surface area contributed by atoms with Crippen LogP contribution in [0.15, 0.2) is 0 Å². The second-order valence-corrected chi connectivity index (χ2v) is 5.22. The minimum atomic E-state index is -0.415. The van der Waals surface area contributed by atoms with Crippen molar-refractivity contribution in [2.75, 3.05) is 41.3 Å². The maximum absolute atomic E-state index is 12.3. The van der Waals surface area contributed by atoms with Gasteiger partial charge in [0.25, 0.3) is 0 Å². The quantitative estimate of drug-likeness (QED) is 0.695. The fourth-order valence-corrected chi connectivity index (χ4v) is 1.99. The highest BCUT2D eigenvalue weighted by Gasteiger charge is 2.32. The molecule has 0 bridgehead atoms. The number of carbonyl (C=O) groups excluding carboxylic acids is 1. The monoisotopic (exact) mass is 243 g/mol. The van der Waals surface area contributed by atoms with Gasteiger partial charge in [0.2, 0.25) is 5.91 Å². The molecule has 0 fully saturated rings. The molecule has 0 saturated carbocycles. The van der Waals surface area contributed by atoms with E-state index < -0.39 is 5.54 Å². The van der Waals surface area contributed by atoms with Gasteiger partial charge in [-0.2, -0.15) is 0 Å². The standard InChI is InChI=1S/C13H29N3O/c1-7-9-13(2,14-3)12(17)16(6)11-8-10-15(4)5/h14H,7-11H2,1-6H3. The Bertz CT molecular complexity index is 231. The molecule has 0 aromatic rings. The molecule has 0 aromatic heterocycles. The highest BCUT2D eigenvalue weighted by Crippen LogP contribution is 2.14. The van der Waals surface area contributed by atoms with Gasteiger partial charge >= 0.3 is 0 Å². The summed E-state index contributed by atoms with van der Waals surface area (Å²) in [6.45, 7) is 5.93. The van der Waals surface area contributed by atoms with E-state index in [1.165, 1.54) is 0 Å². The van der Waals surface area contributed by atoms with E-state index in [9.17, 15) is 4.79 Å². The molecule has 1 unspecified atom stereocenters. The van der Waals surface area contributed by atoms with Crippen LogP contribution in [0.1, 0.15) is 33.1 Å². The van der Waals surface area contributed by atoms with Gasteiger partial charge in [-0.15, -0.1) is 0 Å². The van der Waals surface area contributed by atoms with E-state index in [1.54, 1.807) is 0 Å². The van der Waals surface area contributed by atoms with Crippen LogP contribution in [0.3, 0.4) is 0 Å². The van der Waals surface area contributed by atoms with E-state index in [0.29, 0.717) is 0 Å². The Morgan fingerprint density at radius 1 is 1.24 bits per heavy atom. The molecule has 0 spiro atoms. The lowest BCUT2D eigenvalue weighted by Crippen LogP contribution is -2.54. The topological polar surface area (TPSA) is 35.6 Å². The summed E-state index contributed by atoms with van der Waals surface area (Å²) in [5.41, 5.74) is -0.415. The predicted octanol–water partition coefficient (Wildman–Crippen LogP) is 1.17. The maximum Gasteiger partial charge on any atom is 0.242 e. The van der Waals surface area contributed by atoms with Crippen LogP contribution in [0.5, 0.6) is 0 Å². The first-order chi connectivity index (χ1) is 7.87. The van der Waals surface area contributed by atoms with Gasteiger partial charge in [0.1, 0.15) is 0 Å². The Hall–Kier alpha value is -0.610. The van der Waals surface area contributed by atoms with Crippen molar-refractivity contribution >= 4 is 5.91 Å². The lowest BCUT2D eigenvalue weighted by molar-refractivity contribution is -0.136. The normalized spacial score (nSPS) is 14.8. The van der Waals surface area contributed by atoms with Crippen LogP contribution < -0.4 is 5.32 Å². The van der Waals surface area contributed by atoms with Crippen LogP contribution in [0.25, 0.3) is 0 Å². The molecule has 1 N–H and O–H groups in total. The first-order valence-corrected chi connectivity index (χ1v) is 6.46. The summed E-state index contributed by atoms with van der Waals surface area (Å²) in [4.78, 5) is 16.3. The Labute approximate surface area is 106 Å². The van der Waals surface area contributed by atoms with Crippen molar-refractivity contribution in [3.05, 3.63) is 0 Å². The number of nitrogens with one attached hydrogen (secondary N) is 1. The van der Waals surface area contributed by atoms with Gasteiger partial charge in [-0.05, 0) is 47.5 Å². The summed E-state index contributed by atoms with van der Waals surface area (Å²) >= 11 is 0. The first kappa shape index (κ1) is 16.4. The number of likely N-dealkylation sites (N-methyl/N-ethyl adjacent to an activating group) is 2. The zero-order valence-corrected chi connectivity index (χ0v) is 12.3. The zero-order chi connectivity index (χ0) is 13.5. The van der Waals surface area contributed by atoms with Crippen LogP contribution in [0, 0.1) is 0 Å². The Kier molecular flexibility index (Phi) is 7.39. The van der Waals surface area contributed by atoms with Crippen molar-refractivity contribution < 1.29 is 4.79 Å². The molecular weight excluding hydrogens is 214 g/mol. The van der Waals surface area contributed by atoms with Crippen molar-refractivity contribution in [3.8, 4) is 0 Å². The Morgan fingerprint density at radius 3 is 2.24 bits per heavy atom. The largest absolute Gasteiger partial charge is 0.344 e. The lowest BCUT2D eigenvalue weighted by atomic mass is 9.94. The van der Waals surface area contributed by atoms with E-state index in [2.05, 4.69) is 31.2 Å². The molecule has 1 atom stereocenters. The van der Waals surface area contributed by atoms with E-state index >= 15 is 0 Å². The molecule has 0 aliphatic rings. The lowest BCUT2D eigenvalue weighted by Gasteiger charge is -2.32. The van der Waals surface area contributed by atoms with Gasteiger partial charge in [0.15, 0.2) is 0 Å². The zero-order valence-electron chi connectivity index (χ0n) is 12.3. The van der Waals surface area contributed by atoms with Crippen LogP contribution in [-0.4, -0.2) is 62.5 Å². The predicted molar refractivity (Wildman–Crippen MR) is 73.2 cm³/mol. The second-order valence-electron chi connectivity index (χ2n) is 5.22. The molecule has 17 heavy (non-hydrogen) atoms. The molecule has 0 rings (SSSR count). The number of hydrogen-bond donors (Lipinski definition) is 1. The van der Waals surface area contributed by atoms with Gasteiger partial charge < -0.3 is 15.1 Å². The third-order valence-corrected chi connectivity index (χ3v) is 3.22. The summed E-state index contributed by atoms with van der Waals surface area (Å²) in [5.74, 6) is 0.195. The number of carbonyl (C=O) groups is 1. The molecule has 102 valence electrons. The van der Waals surface area contributed by atoms with Crippen molar-refractivity contribution in [2.24, 2.45) is 0 Å². The van der Waals surface area contributed by atoms with Crippen molar-refractivity contribution in [1.82, 2.24) is 15.1 Å². The number of nitrogens with zero attached hydrogens (tertiary/aromatic N) is 2. The molecule has 1 amide bonds. The third-order valence-electron chi connectivity index (χ3n) is 3.22. The number of amides is 1. The molecule has 4 heteroatoms. The number of rotatable bonds is 8.